The van der Waals surface area contributed by atoms with E-state index in [1.165, 1.54) is 0 Å². The molecule has 0 spiro atoms. The van der Waals surface area contributed by atoms with Crippen LogP contribution < -0.4 is 9.47 Å². The Morgan fingerprint density at radius 2 is 2.16 bits per heavy atom. The zero-order valence-corrected chi connectivity index (χ0v) is 11.3. The Morgan fingerprint density at radius 3 is 2.84 bits per heavy atom. The summed E-state index contributed by atoms with van der Waals surface area (Å²) in [5.41, 5.74) is 0. The number of ether oxygens (including phenoxy) is 3. The van der Waals surface area contributed by atoms with Gasteiger partial charge in [0, 0.05) is 6.54 Å². The number of para-hydroxylation sites is 2. The minimum Gasteiger partial charge on any atom is -0.493 e. The Balaban J connectivity index is 1.92. The maximum Gasteiger partial charge on any atom is 0.262 e. The summed E-state index contributed by atoms with van der Waals surface area (Å²) in [6, 6.07) is 7.28. The smallest absolute Gasteiger partial charge is 0.262 e. The van der Waals surface area contributed by atoms with Crippen molar-refractivity contribution in [1.29, 1.82) is 0 Å². The van der Waals surface area contributed by atoms with Gasteiger partial charge in [-0.05, 0) is 25.5 Å². The van der Waals surface area contributed by atoms with Crippen molar-refractivity contribution in [2.45, 2.75) is 19.6 Å². The van der Waals surface area contributed by atoms with Crippen LogP contribution in [-0.2, 0) is 9.53 Å². The van der Waals surface area contributed by atoms with Crippen LogP contribution in [-0.4, -0.2) is 43.9 Å². The van der Waals surface area contributed by atoms with Crippen LogP contribution in [0.5, 0.6) is 11.5 Å². The molecule has 104 valence electrons. The van der Waals surface area contributed by atoms with E-state index in [0.29, 0.717) is 18.1 Å². The zero-order valence-electron chi connectivity index (χ0n) is 11.3. The van der Waals surface area contributed by atoms with Gasteiger partial charge in [0.25, 0.3) is 5.91 Å². The van der Waals surface area contributed by atoms with Gasteiger partial charge in [-0.1, -0.05) is 12.1 Å². The summed E-state index contributed by atoms with van der Waals surface area (Å²) in [7, 11) is 1.57. The zero-order chi connectivity index (χ0) is 13.7. The van der Waals surface area contributed by atoms with Crippen LogP contribution in [0.3, 0.4) is 0 Å². The third-order valence-electron chi connectivity index (χ3n) is 3.08. The van der Waals surface area contributed by atoms with Crippen LogP contribution in [0.15, 0.2) is 24.3 Å². The average molecular weight is 265 g/mol. The number of hydrogen-bond donors (Lipinski definition) is 0. The highest BCUT2D eigenvalue weighted by Gasteiger charge is 2.24. The molecule has 19 heavy (non-hydrogen) atoms. The second-order valence-corrected chi connectivity index (χ2v) is 4.35. The Labute approximate surface area is 113 Å². The number of amides is 1. The highest BCUT2D eigenvalue weighted by molar-refractivity contribution is 5.78. The molecule has 1 heterocycles. The fourth-order valence-electron chi connectivity index (χ4n) is 2.05. The minimum atomic E-state index is -0.178. The second-order valence-electron chi connectivity index (χ2n) is 4.35. The van der Waals surface area contributed by atoms with Crippen LogP contribution in [0.25, 0.3) is 0 Å². The molecule has 1 unspecified atom stereocenters. The van der Waals surface area contributed by atoms with Gasteiger partial charge in [0.15, 0.2) is 18.1 Å². The summed E-state index contributed by atoms with van der Waals surface area (Å²) >= 11 is 0. The third kappa shape index (κ3) is 3.38. The van der Waals surface area contributed by atoms with Gasteiger partial charge >= 0.3 is 0 Å². The van der Waals surface area contributed by atoms with Crippen molar-refractivity contribution in [3.8, 4) is 11.5 Å². The molecule has 2 rings (SSSR count). The molecular weight excluding hydrogens is 246 g/mol. The summed E-state index contributed by atoms with van der Waals surface area (Å²) in [4.78, 5) is 13.8. The predicted octanol–water partition coefficient (Wildman–Crippen LogP) is 1.67. The lowest BCUT2D eigenvalue weighted by molar-refractivity contribution is -0.154. The van der Waals surface area contributed by atoms with Gasteiger partial charge in [0.1, 0.15) is 6.23 Å². The molecule has 0 N–H and O–H groups in total. The number of benzene rings is 1. The molecule has 0 bridgehead atoms. The molecule has 1 aromatic rings. The van der Waals surface area contributed by atoms with E-state index in [1.54, 1.807) is 24.1 Å². The van der Waals surface area contributed by atoms with Crippen molar-refractivity contribution < 1.29 is 19.0 Å². The van der Waals surface area contributed by atoms with E-state index in [1.807, 2.05) is 19.1 Å². The standard InChI is InChI=1S/C14H19NO4/c1-11-15(8-5-9-18-11)14(16)10-19-13-7-4-3-6-12(13)17-2/h3-4,6-7,11H,5,8-10H2,1-2H3. The highest BCUT2D eigenvalue weighted by Crippen LogP contribution is 2.25. The van der Waals surface area contributed by atoms with Crippen LogP contribution >= 0.6 is 0 Å². The maximum atomic E-state index is 12.1. The molecule has 5 heteroatoms. The van der Waals surface area contributed by atoms with Crippen molar-refractivity contribution in [2.24, 2.45) is 0 Å². The van der Waals surface area contributed by atoms with Crippen molar-refractivity contribution in [1.82, 2.24) is 4.90 Å². The van der Waals surface area contributed by atoms with E-state index in [-0.39, 0.29) is 18.7 Å². The largest absolute Gasteiger partial charge is 0.493 e. The molecule has 1 aliphatic rings. The minimum absolute atomic E-state index is 0.00588. The van der Waals surface area contributed by atoms with Gasteiger partial charge in [-0.25, -0.2) is 0 Å². The molecule has 1 fully saturated rings. The number of carbonyl (C=O) groups is 1. The highest BCUT2D eigenvalue weighted by atomic mass is 16.5. The van der Waals surface area contributed by atoms with Crippen molar-refractivity contribution in [3.05, 3.63) is 24.3 Å². The first-order chi connectivity index (χ1) is 9.22. The normalized spacial score (nSPS) is 19.1. The topological polar surface area (TPSA) is 48.0 Å². The lowest BCUT2D eigenvalue weighted by Crippen LogP contribution is -2.46. The van der Waals surface area contributed by atoms with E-state index in [9.17, 15) is 4.79 Å². The molecule has 0 aromatic heterocycles. The monoisotopic (exact) mass is 265 g/mol. The summed E-state index contributed by atoms with van der Waals surface area (Å²) in [5, 5.41) is 0. The molecule has 0 saturated carbocycles. The number of rotatable bonds is 4. The lowest BCUT2D eigenvalue weighted by atomic mass is 10.3. The van der Waals surface area contributed by atoms with Crippen LogP contribution in [0.2, 0.25) is 0 Å². The Hall–Kier alpha value is -1.75. The van der Waals surface area contributed by atoms with Gasteiger partial charge in [-0.2, -0.15) is 0 Å². The fourth-order valence-corrected chi connectivity index (χ4v) is 2.05. The van der Waals surface area contributed by atoms with Crippen molar-refractivity contribution in [2.75, 3.05) is 26.9 Å². The summed E-state index contributed by atoms with van der Waals surface area (Å²) in [6.07, 6.45) is 0.688. The van der Waals surface area contributed by atoms with Gasteiger partial charge in [0.05, 0.1) is 13.7 Å². The number of hydrogen-bond acceptors (Lipinski definition) is 4. The maximum absolute atomic E-state index is 12.1. The summed E-state index contributed by atoms with van der Waals surface area (Å²) in [6.45, 7) is 3.29. The molecule has 1 aromatic carbocycles. The summed E-state index contributed by atoms with van der Waals surface area (Å²) < 4.78 is 16.1. The number of nitrogens with zero attached hydrogens (tertiary/aromatic N) is 1. The van der Waals surface area contributed by atoms with Crippen LogP contribution in [0.1, 0.15) is 13.3 Å². The molecule has 1 amide bonds. The molecule has 5 nitrogen and oxygen atoms in total. The molecular formula is C14H19NO4. The Morgan fingerprint density at radius 1 is 1.42 bits per heavy atom. The Kier molecular flexibility index (Phi) is 4.63. The number of methoxy groups -OCH3 is 1. The van der Waals surface area contributed by atoms with Gasteiger partial charge in [-0.15, -0.1) is 0 Å². The average Bonchev–Trinajstić information content (AvgIpc) is 2.45. The van der Waals surface area contributed by atoms with E-state index in [4.69, 9.17) is 14.2 Å². The van der Waals surface area contributed by atoms with E-state index >= 15 is 0 Å². The molecule has 1 aliphatic heterocycles. The van der Waals surface area contributed by atoms with Crippen molar-refractivity contribution >= 4 is 5.91 Å². The molecule has 1 atom stereocenters. The predicted molar refractivity (Wildman–Crippen MR) is 70.2 cm³/mol. The number of carbonyl (C=O) groups excluding carboxylic acids is 1. The summed E-state index contributed by atoms with van der Waals surface area (Å²) in [5.74, 6) is 1.13. The fraction of sp³-hybridized carbons (Fsp3) is 0.500. The van der Waals surface area contributed by atoms with Gasteiger partial charge in [0.2, 0.25) is 0 Å². The quantitative estimate of drug-likeness (QED) is 0.831. The van der Waals surface area contributed by atoms with E-state index < -0.39 is 0 Å². The second kappa shape index (κ2) is 6.43. The molecule has 0 aliphatic carbocycles. The Bertz CT molecular complexity index is 435. The molecule has 1 saturated heterocycles. The lowest BCUT2D eigenvalue weighted by Gasteiger charge is -2.33. The first-order valence-electron chi connectivity index (χ1n) is 6.39. The van der Waals surface area contributed by atoms with Gasteiger partial charge in [-0.3, -0.25) is 4.79 Å². The first-order valence-corrected chi connectivity index (χ1v) is 6.39. The van der Waals surface area contributed by atoms with Crippen LogP contribution in [0, 0.1) is 0 Å². The van der Waals surface area contributed by atoms with Gasteiger partial charge < -0.3 is 19.1 Å². The van der Waals surface area contributed by atoms with E-state index in [0.717, 1.165) is 13.0 Å². The van der Waals surface area contributed by atoms with E-state index in [2.05, 4.69) is 0 Å². The molecule has 0 radical (unpaired) electrons. The third-order valence-corrected chi connectivity index (χ3v) is 3.08. The van der Waals surface area contributed by atoms with Crippen LogP contribution in [0.4, 0.5) is 0 Å². The first kappa shape index (κ1) is 13.7. The SMILES string of the molecule is COc1ccccc1OCC(=O)N1CCCOC1C. The van der Waals surface area contributed by atoms with Crippen molar-refractivity contribution in [3.63, 3.8) is 0 Å².